The molecule has 1 fully saturated rings. The Morgan fingerprint density at radius 2 is 0.474 bits per heavy atom. The van der Waals surface area contributed by atoms with Gasteiger partial charge in [-0.1, -0.05) is 170 Å². The van der Waals surface area contributed by atoms with Gasteiger partial charge in [0.15, 0.2) is 0 Å². The predicted octanol–water partition coefficient (Wildman–Crippen LogP) is 6.47. The van der Waals surface area contributed by atoms with Crippen molar-refractivity contribution >= 4 is 128 Å². The second kappa shape index (κ2) is 53.5. The molecule has 0 aromatic heterocycles. The highest BCUT2D eigenvalue weighted by atomic mass is 33.1. The van der Waals surface area contributed by atoms with Gasteiger partial charge in [-0.25, -0.2) is 0 Å². The van der Waals surface area contributed by atoms with Gasteiger partial charge in [0.05, 0.1) is 5.92 Å². The Morgan fingerprint density at radius 1 is 0.267 bits per heavy atom. The van der Waals surface area contributed by atoms with E-state index in [9.17, 15) is 86.3 Å². The number of hydrogen-bond acceptors (Lipinski definition) is 20. The predicted molar refractivity (Wildman–Crippen MR) is 528 cm³/mol. The molecule has 1 aliphatic carbocycles. The molecule has 2 aliphatic rings. The van der Waals surface area contributed by atoms with Gasteiger partial charge in [-0.05, 0) is 236 Å². The Hall–Kier alpha value is -9.36. The monoisotopic (exact) mass is 1940 g/mol. The van der Waals surface area contributed by atoms with Gasteiger partial charge in [0, 0.05) is 17.5 Å². The zero-order chi connectivity index (χ0) is 104. The minimum atomic E-state index is -1.79. The van der Waals surface area contributed by atoms with Crippen molar-refractivity contribution in [2.45, 2.75) is 416 Å². The van der Waals surface area contributed by atoms with Gasteiger partial charge in [-0.3, -0.25) is 86.3 Å². The quantitative estimate of drug-likeness (QED) is 0.0229. The molecule has 0 spiro atoms. The lowest BCUT2D eigenvalue weighted by Gasteiger charge is -2.35. The molecule has 1 heterocycles. The highest BCUT2D eigenvalue weighted by Crippen LogP contribution is 2.40. The lowest BCUT2D eigenvalue weighted by molar-refractivity contribution is -0.140. The molecule has 18 amide bonds. The van der Waals surface area contributed by atoms with E-state index < -0.39 is 205 Å². The van der Waals surface area contributed by atoms with Crippen LogP contribution in [0.3, 0.4) is 0 Å². The maximum Gasteiger partial charge on any atom is 0.245 e. The van der Waals surface area contributed by atoms with Crippen LogP contribution in [0.15, 0.2) is 24.3 Å². The van der Waals surface area contributed by atoms with Crippen molar-refractivity contribution < 1.29 is 86.3 Å². The lowest BCUT2D eigenvalue weighted by atomic mass is 9.95. The van der Waals surface area contributed by atoms with Gasteiger partial charge in [0.2, 0.25) is 106 Å². The number of nitrogens with one attached hydrogen (secondary N) is 18. The molecule has 1 saturated heterocycles. The van der Waals surface area contributed by atoms with E-state index >= 15 is 0 Å². The standard InChI is InChI=1S/C97H170N18O18S2/c1-53(2)45-64(100-72(116)61(17)99-73(117)62-39-36-37-40-62)74(118)109-91(20,21)83(127)102-66(47-55(5)6)76(120)111-93(24,25)85(129)104-68(49-57(9)10)78(122)113-95(28,29)87(131)106-70(51-59(13)14)80(124)115-97(32,33)89(133)107-71(52-60(15)16)81(125)114-96(30,31)88(132)105-69(50-58(11)12)79(123)112-94(26,27)86(130)103-67(48-56(7)8)77(121)110-92(22,23)84(128)101-65(46-54(3)4)75(119)108-90(18,19)82(126)98-43-38-34-35-41-63-42-44-134-135-63/h36-37,39-40,53-71H,34-35,38,41-52H2,1-33H3,(H,98,126)(H,99,117)(H,100,116)(H,101,128)(H,102,127)(H,103,130)(H,104,129)(H,105,132)(H,106,131)(H,107,133)(H,108,119)(H,109,118)(H,110,121)(H,111,120)(H,112,123)(H,113,122)(H,114,125)(H,115,124)/t61-,63?,64-,65-,66-,67-,68-,69-,70-,71-/m0/s1. The highest BCUT2D eigenvalue weighted by molar-refractivity contribution is 8.77. The van der Waals surface area contributed by atoms with Crippen LogP contribution in [0.2, 0.25) is 0 Å². The first-order valence-electron chi connectivity index (χ1n) is 48.0. The van der Waals surface area contributed by atoms with Crippen LogP contribution in [0.4, 0.5) is 0 Å². The van der Waals surface area contributed by atoms with Crippen LogP contribution < -0.4 is 95.7 Å². The molecule has 0 bridgehead atoms. The summed E-state index contributed by atoms with van der Waals surface area (Å²) in [6, 6.07) is -11.0. The van der Waals surface area contributed by atoms with Crippen LogP contribution in [0.25, 0.3) is 0 Å². The summed E-state index contributed by atoms with van der Waals surface area (Å²) >= 11 is 0. The SMILES string of the molecule is CC(C)C[C@H](NC(=O)[C@H](C)NC(=O)C1C=CC=C1)C(=O)NC(C)(C)C(=O)N[C@@H](CC(C)C)C(=O)NC(C)(C)C(=O)N[C@@H](CC(C)C)C(=O)NC(C)(C)C(=O)N[C@@H](CC(C)C)C(=O)NC(C)(C)C(=O)N[C@@H](CC(C)C)C(=O)NC(C)(C)C(=O)N[C@@H](CC(C)C)C(=O)NC(C)(C)C(=O)N[C@@H](CC(C)C)C(=O)NC(C)(C)C(=O)N[C@@H](CC(C)C)C(=O)NC(C)(C)C(=O)NCCCCCC1CCSS1. The largest absolute Gasteiger partial charge is 0.354 e. The van der Waals surface area contributed by atoms with Crippen molar-refractivity contribution in [3.05, 3.63) is 24.3 Å². The van der Waals surface area contributed by atoms with Crippen molar-refractivity contribution in [3.8, 4) is 0 Å². The number of amides is 18. The van der Waals surface area contributed by atoms with E-state index in [1.54, 1.807) is 93.5 Å². The van der Waals surface area contributed by atoms with Crippen molar-refractivity contribution in [2.24, 2.45) is 53.3 Å². The van der Waals surface area contributed by atoms with Crippen LogP contribution in [-0.2, 0) is 86.3 Å². The van der Waals surface area contributed by atoms with Gasteiger partial charge in [0.1, 0.15) is 98.7 Å². The summed E-state index contributed by atoms with van der Waals surface area (Å²) in [4.78, 5) is 255. The van der Waals surface area contributed by atoms with E-state index in [1.807, 2.05) is 77.0 Å². The molecular formula is C97H170N18O18S2. The molecule has 38 heteroatoms. The van der Waals surface area contributed by atoms with Gasteiger partial charge in [0.25, 0.3) is 0 Å². The molecule has 135 heavy (non-hydrogen) atoms. The van der Waals surface area contributed by atoms with Gasteiger partial charge in [-0.2, -0.15) is 0 Å². The molecule has 1 aliphatic heterocycles. The van der Waals surface area contributed by atoms with E-state index in [0.717, 1.165) is 25.7 Å². The third-order valence-electron chi connectivity index (χ3n) is 22.7. The number of allylic oxidation sites excluding steroid dienone is 2. The Kier molecular flexibility index (Phi) is 48.3. The highest BCUT2D eigenvalue weighted by Gasteiger charge is 2.46. The van der Waals surface area contributed by atoms with Crippen molar-refractivity contribution in [1.29, 1.82) is 0 Å². The first kappa shape index (κ1) is 122. The molecule has 0 aromatic carbocycles. The Balaban J connectivity index is 2.26. The first-order chi connectivity index (χ1) is 61.8. The Labute approximate surface area is 811 Å². The van der Waals surface area contributed by atoms with E-state index in [2.05, 4.69) is 95.7 Å². The second-order valence-electron chi connectivity index (χ2n) is 44.2. The number of carbonyl (C=O) groups excluding carboxylic acids is 18. The number of carbonyl (C=O) groups is 18. The van der Waals surface area contributed by atoms with Crippen molar-refractivity contribution in [3.63, 3.8) is 0 Å². The summed E-state index contributed by atoms with van der Waals surface area (Å²) in [5.74, 6) is -13.9. The smallest absolute Gasteiger partial charge is 0.245 e. The summed E-state index contributed by atoms with van der Waals surface area (Å²) < 4.78 is 0. The molecule has 1 unspecified atom stereocenters. The normalized spacial score (nSPS) is 16.1. The zero-order valence-electron chi connectivity index (χ0n) is 87.1. The fourth-order valence-electron chi connectivity index (χ4n) is 14.5. The Bertz CT molecular complexity index is 4130. The van der Waals surface area contributed by atoms with E-state index in [1.165, 1.54) is 116 Å². The minimum absolute atomic E-state index is 0.0302. The second-order valence-corrected chi connectivity index (χ2v) is 46.9. The van der Waals surface area contributed by atoms with Crippen LogP contribution in [0.1, 0.15) is 312 Å². The van der Waals surface area contributed by atoms with E-state index in [-0.39, 0.29) is 105 Å². The minimum Gasteiger partial charge on any atom is -0.354 e. The molecule has 0 radical (unpaired) electrons. The molecule has 36 nitrogen and oxygen atoms in total. The van der Waals surface area contributed by atoms with E-state index in [0.29, 0.717) is 11.8 Å². The molecule has 768 valence electrons. The maximum absolute atomic E-state index is 14.5. The average molecular weight is 1940 g/mol. The summed E-state index contributed by atoms with van der Waals surface area (Å²) in [6.45, 7) is 53.9. The molecule has 10 atom stereocenters. The number of unbranched alkanes of at least 4 members (excludes halogenated alkanes) is 2. The average Bonchev–Trinajstić information content (AvgIpc) is 1.35. The third kappa shape index (κ3) is 42.7. The fourth-order valence-corrected chi connectivity index (χ4v) is 17.6. The van der Waals surface area contributed by atoms with Crippen molar-refractivity contribution in [2.75, 3.05) is 12.3 Å². The number of hydrogen-bond donors (Lipinski definition) is 18. The molecule has 2 rings (SSSR count). The zero-order valence-corrected chi connectivity index (χ0v) is 88.7. The topological polar surface area (TPSA) is 524 Å². The summed E-state index contributed by atoms with van der Waals surface area (Å²) in [6.07, 6.45) is 12.6. The summed E-state index contributed by atoms with van der Waals surface area (Å²) in [7, 11) is 3.85. The van der Waals surface area contributed by atoms with Gasteiger partial charge in [-0.15, -0.1) is 0 Å². The molecule has 18 N–H and O–H groups in total. The molecule has 0 saturated carbocycles. The van der Waals surface area contributed by atoms with E-state index in [4.69, 9.17) is 0 Å². The van der Waals surface area contributed by atoms with Crippen molar-refractivity contribution in [1.82, 2.24) is 95.7 Å². The fraction of sp³-hybridized carbons (Fsp3) is 0.773. The Morgan fingerprint density at radius 3 is 0.674 bits per heavy atom. The molecular weight excluding hydrogens is 1770 g/mol. The van der Waals surface area contributed by atoms with Gasteiger partial charge < -0.3 is 95.7 Å². The van der Waals surface area contributed by atoms with Crippen LogP contribution in [0.5, 0.6) is 0 Å². The molecule has 0 aromatic rings. The summed E-state index contributed by atoms with van der Waals surface area (Å²) in [5, 5.41) is 50.0. The van der Waals surface area contributed by atoms with Gasteiger partial charge >= 0.3 is 0 Å². The van der Waals surface area contributed by atoms with Crippen LogP contribution >= 0.6 is 21.6 Å². The maximum atomic E-state index is 14.5. The third-order valence-corrected chi connectivity index (χ3v) is 25.7. The van der Waals surface area contributed by atoms with Crippen LogP contribution in [0, 0.1) is 53.3 Å². The van der Waals surface area contributed by atoms with Crippen LogP contribution in [-0.4, -0.2) is 223 Å². The number of rotatable bonds is 57. The summed E-state index contributed by atoms with van der Waals surface area (Å²) in [5.41, 5.74) is -13.5. The first-order valence-corrected chi connectivity index (χ1v) is 50.4. The lowest BCUT2D eigenvalue weighted by Crippen LogP contribution is -2.66.